The number of nitrogens with zero attached hydrogens (tertiary/aromatic N) is 1. The maximum absolute atomic E-state index is 9.63. The predicted octanol–water partition coefficient (Wildman–Crippen LogP) is 1.59. The average molecular weight is 209 g/mol. The first kappa shape index (κ1) is 12.0. The van der Waals surface area contributed by atoms with Gasteiger partial charge in [-0.1, -0.05) is 12.1 Å². The first-order chi connectivity index (χ1) is 6.87. The van der Waals surface area contributed by atoms with Gasteiger partial charge in [-0.3, -0.25) is 4.90 Å². The fourth-order valence-corrected chi connectivity index (χ4v) is 1.68. The molecule has 0 aliphatic heterocycles. The van der Waals surface area contributed by atoms with E-state index in [1.54, 1.807) is 26.0 Å². The lowest BCUT2D eigenvalue weighted by Crippen LogP contribution is -2.35. The maximum Gasteiger partial charge on any atom is 0.115 e. The standard InChI is InChI=1S/C12H19NO2/c1-12(2,15)9-13(3)8-10-5-4-6-11(14)7-10/h4-7,14-15H,8-9H2,1-3H3. The Bertz CT molecular complexity index is 318. The van der Waals surface area contributed by atoms with Crippen molar-refractivity contribution in [1.82, 2.24) is 4.90 Å². The summed E-state index contributed by atoms with van der Waals surface area (Å²) >= 11 is 0. The van der Waals surface area contributed by atoms with Crippen LogP contribution in [0.4, 0.5) is 0 Å². The van der Waals surface area contributed by atoms with Crippen molar-refractivity contribution in [2.45, 2.75) is 26.0 Å². The summed E-state index contributed by atoms with van der Waals surface area (Å²) < 4.78 is 0. The second-order valence-electron chi connectivity index (χ2n) is 4.65. The molecule has 3 heteroatoms. The Balaban J connectivity index is 2.55. The fourth-order valence-electron chi connectivity index (χ4n) is 1.68. The quantitative estimate of drug-likeness (QED) is 0.791. The molecule has 2 N–H and O–H groups in total. The third-order valence-electron chi connectivity index (χ3n) is 2.02. The van der Waals surface area contributed by atoms with Crippen molar-refractivity contribution in [3.63, 3.8) is 0 Å². The average Bonchev–Trinajstić information content (AvgIpc) is 1.99. The van der Waals surface area contributed by atoms with Crippen molar-refractivity contribution in [3.8, 4) is 5.75 Å². The van der Waals surface area contributed by atoms with Crippen LogP contribution >= 0.6 is 0 Å². The van der Waals surface area contributed by atoms with Gasteiger partial charge in [0.25, 0.3) is 0 Å². The molecule has 0 amide bonds. The molecule has 0 aliphatic carbocycles. The van der Waals surface area contributed by atoms with Crippen LogP contribution < -0.4 is 0 Å². The highest BCUT2D eigenvalue weighted by Crippen LogP contribution is 2.13. The summed E-state index contributed by atoms with van der Waals surface area (Å²) in [6.07, 6.45) is 0. The molecule has 84 valence electrons. The lowest BCUT2D eigenvalue weighted by Gasteiger charge is -2.25. The molecule has 0 aliphatic rings. The van der Waals surface area contributed by atoms with Crippen LogP contribution in [0.1, 0.15) is 19.4 Å². The van der Waals surface area contributed by atoms with Crippen molar-refractivity contribution < 1.29 is 10.2 Å². The lowest BCUT2D eigenvalue weighted by atomic mass is 10.1. The van der Waals surface area contributed by atoms with Gasteiger partial charge in [0.15, 0.2) is 0 Å². The summed E-state index contributed by atoms with van der Waals surface area (Å²) in [5, 5.41) is 18.9. The molecule has 0 saturated carbocycles. The molecule has 0 heterocycles. The van der Waals surface area contributed by atoms with Crippen LogP contribution in [-0.2, 0) is 6.54 Å². The Hall–Kier alpha value is -1.06. The molecule has 15 heavy (non-hydrogen) atoms. The third kappa shape index (κ3) is 4.81. The van der Waals surface area contributed by atoms with Gasteiger partial charge in [0.2, 0.25) is 0 Å². The van der Waals surface area contributed by atoms with Gasteiger partial charge in [-0.05, 0) is 38.6 Å². The van der Waals surface area contributed by atoms with Crippen molar-refractivity contribution in [3.05, 3.63) is 29.8 Å². The zero-order chi connectivity index (χ0) is 11.5. The number of benzene rings is 1. The Morgan fingerprint density at radius 3 is 2.53 bits per heavy atom. The molecule has 0 spiro atoms. The summed E-state index contributed by atoms with van der Waals surface area (Å²) in [6.45, 7) is 4.89. The van der Waals surface area contributed by atoms with Gasteiger partial charge in [0, 0.05) is 13.1 Å². The number of rotatable bonds is 4. The second kappa shape index (κ2) is 4.64. The SMILES string of the molecule is CN(Cc1cccc(O)c1)CC(C)(C)O. The van der Waals surface area contributed by atoms with E-state index in [-0.39, 0.29) is 5.75 Å². The maximum atomic E-state index is 9.63. The number of aliphatic hydroxyl groups is 1. The smallest absolute Gasteiger partial charge is 0.115 e. The summed E-state index contributed by atoms with van der Waals surface area (Å²) in [4.78, 5) is 2.02. The predicted molar refractivity (Wildman–Crippen MR) is 60.7 cm³/mol. The van der Waals surface area contributed by atoms with Gasteiger partial charge in [0.1, 0.15) is 5.75 Å². The molecule has 0 saturated heterocycles. The van der Waals surface area contributed by atoms with Crippen molar-refractivity contribution >= 4 is 0 Å². The van der Waals surface area contributed by atoms with Crippen LogP contribution in [0.3, 0.4) is 0 Å². The Kier molecular flexibility index (Phi) is 3.72. The third-order valence-corrected chi connectivity index (χ3v) is 2.02. The fraction of sp³-hybridized carbons (Fsp3) is 0.500. The zero-order valence-corrected chi connectivity index (χ0v) is 9.57. The molecular weight excluding hydrogens is 190 g/mol. The second-order valence-corrected chi connectivity index (χ2v) is 4.65. The van der Waals surface area contributed by atoms with E-state index in [1.165, 1.54) is 0 Å². The highest BCUT2D eigenvalue weighted by Gasteiger charge is 2.15. The highest BCUT2D eigenvalue weighted by atomic mass is 16.3. The molecule has 3 nitrogen and oxygen atoms in total. The van der Waals surface area contributed by atoms with Gasteiger partial charge in [0.05, 0.1) is 5.60 Å². The van der Waals surface area contributed by atoms with Crippen LogP contribution in [-0.4, -0.2) is 34.3 Å². The van der Waals surface area contributed by atoms with Crippen LogP contribution in [0, 0.1) is 0 Å². The van der Waals surface area contributed by atoms with Gasteiger partial charge in [-0.25, -0.2) is 0 Å². The molecule has 1 rings (SSSR count). The summed E-state index contributed by atoms with van der Waals surface area (Å²) in [6, 6.07) is 7.17. The Morgan fingerprint density at radius 2 is 2.00 bits per heavy atom. The van der Waals surface area contributed by atoms with E-state index in [1.807, 2.05) is 24.1 Å². The number of hydrogen-bond acceptors (Lipinski definition) is 3. The minimum absolute atomic E-state index is 0.282. The number of phenols is 1. The van der Waals surface area contributed by atoms with Crippen LogP contribution in [0.25, 0.3) is 0 Å². The zero-order valence-electron chi connectivity index (χ0n) is 9.57. The van der Waals surface area contributed by atoms with E-state index < -0.39 is 5.60 Å². The van der Waals surface area contributed by atoms with Gasteiger partial charge in [-0.2, -0.15) is 0 Å². The van der Waals surface area contributed by atoms with E-state index in [2.05, 4.69) is 0 Å². The molecule has 1 aromatic rings. The Morgan fingerprint density at radius 1 is 1.33 bits per heavy atom. The number of phenolic OH excluding ortho intramolecular Hbond substituents is 1. The first-order valence-electron chi connectivity index (χ1n) is 5.06. The van der Waals surface area contributed by atoms with Crippen molar-refractivity contribution in [2.24, 2.45) is 0 Å². The molecule has 0 fully saturated rings. The topological polar surface area (TPSA) is 43.7 Å². The van der Waals surface area contributed by atoms with E-state index in [9.17, 15) is 10.2 Å². The minimum Gasteiger partial charge on any atom is -0.508 e. The van der Waals surface area contributed by atoms with E-state index in [0.29, 0.717) is 6.54 Å². The molecule has 0 aromatic heterocycles. The van der Waals surface area contributed by atoms with Gasteiger partial charge < -0.3 is 10.2 Å². The summed E-state index contributed by atoms with van der Waals surface area (Å²) in [7, 11) is 1.95. The molecule has 1 aromatic carbocycles. The van der Waals surface area contributed by atoms with Crippen LogP contribution in [0.2, 0.25) is 0 Å². The summed E-state index contributed by atoms with van der Waals surface area (Å²) in [5.41, 5.74) is 0.354. The molecule has 0 atom stereocenters. The van der Waals surface area contributed by atoms with E-state index >= 15 is 0 Å². The van der Waals surface area contributed by atoms with Crippen molar-refractivity contribution in [2.75, 3.05) is 13.6 Å². The monoisotopic (exact) mass is 209 g/mol. The first-order valence-corrected chi connectivity index (χ1v) is 5.06. The van der Waals surface area contributed by atoms with Gasteiger partial charge in [-0.15, -0.1) is 0 Å². The van der Waals surface area contributed by atoms with Crippen LogP contribution in [0.5, 0.6) is 5.75 Å². The van der Waals surface area contributed by atoms with Crippen molar-refractivity contribution in [1.29, 1.82) is 0 Å². The number of hydrogen-bond donors (Lipinski definition) is 2. The highest BCUT2D eigenvalue weighted by molar-refractivity contribution is 5.26. The molecular formula is C12H19NO2. The van der Waals surface area contributed by atoms with E-state index in [0.717, 1.165) is 12.1 Å². The summed E-state index contributed by atoms with van der Waals surface area (Å²) in [5.74, 6) is 0.282. The lowest BCUT2D eigenvalue weighted by molar-refractivity contribution is 0.0425. The minimum atomic E-state index is -0.689. The number of aromatic hydroxyl groups is 1. The van der Waals surface area contributed by atoms with Crippen LogP contribution in [0.15, 0.2) is 24.3 Å². The van der Waals surface area contributed by atoms with Gasteiger partial charge >= 0.3 is 0 Å². The largest absolute Gasteiger partial charge is 0.508 e. The molecule has 0 bridgehead atoms. The molecule has 0 unspecified atom stereocenters. The number of likely N-dealkylation sites (N-methyl/N-ethyl adjacent to an activating group) is 1. The molecule has 0 radical (unpaired) electrons. The Labute approximate surface area is 91.0 Å². The van der Waals surface area contributed by atoms with E-state index in [4.69, 9.17) is 0 Å². The normalized spacial score (nSPS) is 12.1.